The predicted octanol–water partition coefficient (Wildman–Crippen LogP) is 4.58. The summed E-state index contributed by atoms with van der Waals surface area (Å²) in [5.74, 6) is 1.90. The van der Waals surface area contributed by atoms with Crippen molar-refractivity contribution < 1.29 is 4.74 Å². The number of morpholine rings is 1. The first-order valence-electron chi connectivity index (χ1n) is 9.76. The van der Waals surface area contributed by atoms with Crippen molar-refractivity contribution in [1.29, 1.82) is 0 Å². The number of hydrogen-bond acceptors (Lipinski definition) is 5. The molecule has 3 heterocycles. The van der Waals surface area contributed by atoms with E-state index in [4.69, 9.17) is 14.7 Å². The molecule has 0 spiro atoms. The van der Waals surface area contributed by atoms with Crippen LogP contribution in [0.15, 0.2) is 30.3 Å². The predicted molar refractivity (Wildman–Crippen MR) is 112 cm³/mol. The molecule has 1 aliphatic heterocycles. The molecular formula is C22H23N3OS. The Morgan fingerprint density at radius 3 is 2.63 bits per heavy atom. The van der Waals surface area contributed by atoms with Crippen molar-refractivity contribution in [2.24, 2.45) is 0 Å². The summed E-state index contributed by atoms with van der Waals surface area (Å²) < 4.78 is 5.57. The van der Waals surface area contributed by atoms with Gasteiger partial charge in [-0.1, -0.05) is 36.4 Å². The molecule has 0 saturated carbocycles. The standard InChI is InChI=1S/C22H23N3OS/c1-2-6-16(7-3-1)10-11-19-23-21(25-12-14-26-15-13-25)20-17-8-4-5-9-18(17)27-22(20)24-19/h1-3,6-7,10-11H,4-5,8-9,12-15H2/b11-10+. The fourth-order valence-corrected chi connectivity index (χ4v) is 5.23. The molecule has 0 amide bonds. The maximum Gasteiger partial charge on any atom is 0.155 e. The van der Waals surface area contributed by atoms with Crippen LogP contribution in [0.3, 0.4) is 0 Å². The van der Waals surface area contributed by atoms with Crippen molar-refractivity contribution in [3.8, 4) is 0 Å². The average Bonchev–Trinajstić information content (AvgIpc) is 3.11. The number of aryl methyl sites for hydroxylation is 2. The summed E-state index contributed by atoms with van der Waals surface area (Å²) in [5, 5.41) is 1.30. The molecule has 4 nitrogen and oxygen atoms in total. The third-order valence-corrected chi connectivity index (χ3v) is 6.53. The van der Waals surface area contributed by atoms with E-state index in [2.05, 4.69) is 35.2 Å². The number of fused-ring (bicyclic) bond motifs is 3. The first-order chi connectivity index (χ1) is 13.4. The Balaban J connectivity index is 1.61. The molecule has 27 heavy (non-hydrogen) atoms. The molecule has 2 aliphatic rings. The molecule has 1 aliphatic carbocycles. The van der Waals surface area contributed by atoms with Crippen molar-refractivity contribution in [2.45, 2.75) is 25.7 Å². The van der Waals surface area contributed by atoms with Gasteiger partial charge in [0, 0.05) is 18.0 Å². The summed E-state index contributed by atoms with van der Waals surface area (Å²) in [5.41, 5.74) is 2.67. The Labute approximate surface area is 163 Å². The van der Waals surface area contributed by atoms with Gasteiger partial charge < -0.3 is 9.64 Å². The number of benzene rings is 1. The molecule has 1 fully saturated rings. The normalized spacial score (nSPS) is 17.6. The Kier molecular flexibility index (Phi) is 4.64. The van der Waals surface area contributed by atoms with Crippen LogP contribution < -0.4 is 4.90 Å². The highest BCUT2D eigenvalue weighted by atomic mass is 32.1. The molecule has 0 bridgehead atoms. The number of rotatable bonds is 3. The summed E-state index contributed by atoms with van der Waals surface area (Å²) in [4.78, 5) is 15.0. The van der Waals surface area contributed by atoms with Gasteiger partial charge in [-0.05, 0) is 42.9 Å². The van der Waals surface area contributed by atoms with Gasteiger partial charge in [-0.2, -0.15) is 0 Å². The molecular weight excluding hydrogens is 354 g/mol. The van der Waals surface area contributed by atoms with E-state index in [1.54, 1.807) is 0 Å². The quantitative estimate of drug-likeness (QED) is 0.670. The monoisotopic (exact) mass is 377 g/mol. The number of ether oxygens (including phenoxy) is 1. The highest BCUT2D eigenvalue weighted by molar-refractivity contribution is 7.19. The lowest BCUT2D eigenvalue weighted by atomic mass is 9.97. The highest BCUT2D eigenvalue weighted by Crippen LogP contribution is 2.40. The molecule has 5 heteroatoms. The van der Waals surface area contributed by atoms with Gasteiger partial charge in [0.05, 0.1) is 18.6 Å². The van der Waals surface area contributed by atoms with E-state index in [-0.39, 0.29) is 0 Å². The zero-order chi connectivity index (χ0) is 18.1. The van der Waals surface area contributed by atoms with Crippen LogP contribution in [0.4, 0.5) is 5.82 Å². The molecule has 2 aromatic heterocycles. The van der Waals surface area contributed by atoms with Crippen molar-refractivity contribution in [1.82, 2.24) is 9.97 Å². The summed E-state index contributed by atoms with van der Waals surface area (Å²) in [7, 11) is 0. The van der Waals surface area contributed by atoms with E-state index in [1.807, 2.05) is 23.5 Å². The van der Waals surface area contributed by atoms with Gasteiger partial charge in [0.2, 0.25) is 0 Å². The van der Waals surface area contributed by atoms with E-state index in [0.29, 0.717) is 0 Å². The van der Waals surface area contributed by atoms with Gasteiger partial charge in [0.1, 0.15) is 10.6 Å². The van der Waals surface area contributed by atoms with Crippen LogP contribution in [0, 0.1) is 0 Å². The SMILES string of the molecule is C(=C\c1nc(N2CCOCC2)c2c3c(sc2n1)CCCC3)/c1ccccc1. The van der Waals surface area contributed by atoms with E-state index in [1.165, 1.54) is 40.7 Å². The second-order valence-electron chi connectivity index (χ2n) is 7.14. The van der Waals surface area contributed by atoms with Crippen molar-refractivity contribution in [3.05, 3.63) is 52.2 Å². The van der Waals surface area contributed by atoms with Crippen LogP contribution in [-0.2, 0) is 17.6 Å². The summed E-state index contributed by atoms with van der Waals surface area (Å²) >= 11 is 1.87. The lowest BCUT2D eigenvalue weighted by Crippen LogP contribution is -2.37. The molecule has 5 rings (SSSR count). The lowest BCUT2D eigenvalue weighted by Gasteiger charge is -2.29. The van der Waals surface area contributed by atoms with Crippen LogP contribution in [-0.4, -0.2) is 36.3 Å². The molecule has 0 atom stereocenters. The summed E-state index contributed by atoms with van der Waals surface area (Å²) in [6, 6.07) is 10.3. The van der Waals surface area contributed by atoms with Gasteiger partial charge in [0.25, 0.3) is 0 Å². The van der Waals surface area contributed by atoms with Gasteiger partial charge in [-0.25, -0.2) is 9.97 Å². The van der Waals surface area contributed by atoms with E-state index < -0.39 is 0 Å². The van der Waals surface area contributed by atoms with E-state index >= 15 is 0 Å². The van der Waals surface area contributed by atoms with Crippen LogP contribution in [0.2, 0.25) is 0 Å². The molecule has 0 unspecified atom stereocenters. The van der Waals surface area contributed by atoms with Crippen molar-refractivity contribution in [3.63, 3.8) is 0 Å². The minimum atomic E-state index is 0.771. The zero-order valence-corrected chi connectivity index (χ0v) is 16.2. The fraction of sp³-hybridized carbons (Fsp3) is 0.364. The molecule has 1 saturated heterocycles. The Hall–Kier alpha value is -2.24. The Morgan fingerprint density at radius 2 is 1.78 bits per heavy atom. The maximum atomic E-state index is 5.57. The number of nitrogens with zero attached hydrogens (tertiary/aromatic N) is 3. The topological polar surface area (TPSA) is 38.2 Å². The van der Waals surface area contributed by atoms with Crippen molar-refractivity contribution >= 4 is 39.5 Å². The molecule has 138 valence electrons. The highest BCUT2D eigenvalue weighted by Gasteiger charge is 2.24. The van der Waals surface area contributed by atoms with E-state index in [0.717, 1.165) is 49.2 Å². The number of hydrogen-bond donors (Lipinski definition) is 0. The fourth-order valence-electron chi connectivity index (χ4n) is 3.97. The second kappa shape index (κ2) is 7.41. The van der Waals surface area contributed by atoms with E-state index in [9.17, 15) is 0 Å². The average molecular weight is 378 g/mol. The zero-order valence-electron chi connectivity index (χ0n) is 15.4. The third-order valence-electron chi connectivity index (χ3n) is 5.35. The minimum absolute atomic E-state index is 0.771. The van der Waals surface area contributed by atoms with Gasteiger partial charge >= 0.3 is 0 Å². The minimum Gasteiger partial charge on any atom is -0.378 e. The largest absolute Gasteiger partial charge is 0.378 e. The number of anilines is 1. The number of thiophene rings is 1. The Morgan fingerprint density at radius 1 is 0.963 bits per heavy atom. The summed E-state index contributed by atoms with van der Waals surface area (Å²) in [6.07, 6.45) is 9.05. The lowest BCUT2D eigenvalue weighted by molar-refractivity contribution is 0.122. The van der Waals surface area contributed by atoms with Crippen LogP contribution >= 0.6 is 11.3 Å². The van der Waals surface area contributed by atoms with Gasteiger partial charge in [0.15, 0.2) is 5.82 Å². The molecule has 0 radical (unpaired) electrons. The third kappa shape index (κ3) is 3.37. The first kappa shape index (κ1) is 16.9. The summed E-state index contributed by atoms with van der Waals surface area (Å²) in [6.45, 7) is 3.34. The van der Waals surface area contributed by atoms with Crippen molar-refractivity contribution in [2.75, 3.05) is 31.2 Å². The molecule has 0 N–H and O–H groups in total. The van der Waals surface area contributed by atoms with Crippen LogP contribution in [0.25, 0.3) is 22.4 Å². The number of aromatic nitrogens is 2. The van der Waals surface area contributed by atoms with Crippen LogP contribution in [0.5, 0.6) is 0 Å². The molecule has 3 aromatic rings. The smallest absolute Gasteiger partial charge is 0.155 e. The van der Waals surface area contributed by atoms with Crippen LogP contribution in [0.1, 0.15) is 34.7 Å². The first-order valence-corrected chi connectivity index (χ1v) is 10.6. The maximum absolute atomic E-state index is 5.57. The van der Waals surface area contributed by atoms with Gasteiger partial charge in [-0.3, -0.25) is 0 Å². The molecule has 1 aromatic carbocycles. The second-order valence-corrected chi connectivity index (χ2v) is 8.22. The van der Waals surface area contributed by atoms with Gasteiger partial charge in [-0.15, -0.1) is 11.3 Å². The Bertz CT molecular complexity index is 974.